The molecule has 0 aliphatic heterocycles. The van der Waals surface area contributed by atoms with Crippen LogP contribution in [0.5, 0.6) is 0 Å². The third kappa shape index (κ3) is 3.94. The first-order valence-electron chi connectivity index (χ1n) is 6.53. The van der Waals surface area contributed by atoms with Gasteiger partial charge in [0.05, 0.1) is 5.56 Å². The quantitative estimate of drug-likeness (QED) is 0.822. The number of aromatic nitrogens is 1. The van der Waals surface area contributed by atoms with Crippen molar-refractivity contribution in [1.82, 2.24) is 10.3 Å². The second-order valence-electron chi connectivity index (χ2n) is 4.97. The molecular weight excluding hydrogens is 258 g/mol. The highest BCUT2D eigenvalue weighted by molar-refractivity contribution is 5.96. The number of aliphatic carboxylic acids is 1. The van der Waals surface area contributed by atoms with E-state index in [0.717, 1.165) is 5.82 Å². The Hall–Kier alpha value is -2.11. The Morgan fingerprint density at radius 2 is 2.05 bits per heavy atom. The molecule has 6 heteroatoms. The summed E-state index contributed by atoms with van der Waals surface area (Å²) in [7, 11) is 3.71. The minimum absolute atomic E-state index is 0.134. The molecule has 0 aromatic carbocycles. The largest absolute Gasteiger partial charge is 0.480 e. The lowest BCUT2D eigenvalue weighted by atomic mass is 9.99. The Kier molecular flexibility index (Phi) is 5.49. The summed E-state index contributed by atoms with van der Waals surface area (Å²) in [6, 6.07) is 2.46. The Morgan fingerprint density at radius 1 is 1.40 bits per heavy atom. The van der Waals surface area contributed by atoms with Gasteiger partial charge in [-0.3, -0.25) is 4.79 Å². The minimum Gasteiger partial charge on any atom is -0.480 e. The monoisotopic (exact) mass is 279 g/mol. The van der Waals surface area contributed by atoms with Gasteiger partial charge in [-0.05, 0) is 18.1 Å². The van der Waals surface area contributed by atoms with Crippen LogP contribution in [0.3, 0.4) is 0 Å². The van der Waals surface area contributed by atoms with Crippen LogP contribution in [-0.2, 0) is 4.79 Å². The fraction of sp³-hybridized carbons (Fsp3) is 0.500. The summed E-state index contributed by atoms with van der Waals surface area (Å²) in [5.41, 5.74) is 0.352. The third-order valence-electron chi connectivity index (χ3n) is 3.23. The highest BCUT2D eigenvalue weighted by Gasteiger charge is 2.25. The SMILES string of the molecule is CCC(C)C(NC(=O)c1ccc(N(C)C)nc1)C(=O)O. The zero-order valence-electron chi connectivity index (χ0n) is 12.3. The van der Waals surface area contributed by atoms with Gasteiger partial charge in [0.15, 0.2) is 0 Å². The first-order valence-corrected chi connectivity index (χ1v) is 6.53. The van der Waals surface area contributed by atoms with Crippen molar-refractivity contribution in [1.29, 1.82) is 0 Å². The van der Waals surface area contributed by atoms with Crippen molar-refractivity contribution in [3.05, 3.63) is 23.9 Å². The van der Waals surface area contributed by atoms with Crippen molar-refractivity contribution in [3.63, 3.8) is 0 Å². The lowest BCUT2D eigenvalue weighted by molar-refractivity contribution is -0.140. The molecule has 2 atom stereocenters. The van der Waals surface area contributed by atoms with E-state index in [1.54, 1.807) is 19.1 Å². The molecule has 1 heterocycles. The Labute approximate surface area is 118 Å². The van der Waals surface area contributed by atoms with Gasteiger partial charge in [0.2, 0.25) is 0 Å². The first kappa shape index (κ1) is 15.9. The van der Waals surface area contributed by atoms with Crippen molar-refractivity contribution in [2.24, 2.45) is 5.92 Å². The van der Waals surface area contributed by atoms with Crippen molar-refractivity contribution >= 4 is 17.7 Å². The summed E-state index contributed by atoms with van der Waals surface area (Å²) in [6.45, 7) is 3.69. The third-order valence-corrected chi connectivity index (χ3v) is 3.23. The molecule has 0 aliphatic carbocycles. The first-order chi connectivity index (χ1) is 9.36. The van der Waals surface area contributed by atoms with E-state index in [0.29, 0.717) is 12.0 Å². The van der Waals surface area contributed by atoms with Crippen LogP contribution >= 0.6 is 0 Å². The van der Waals surface area contributed by atoms with Crippen molar-refractivity contribution in [2.75, 3.05) is 19.0 Å². The van der Waals surface area contributed by atoms with Gasteiger partial charge in [-0.25, -0.2) is 9.78 Å². The van der Waals surface area contributed by atoms with E-state index in [9.17, 15) is 9.59 Å². The van der Waals surface area contributed by atoms with Crippen LogP contribution in [0.25, 0.3) is 0 Å². The lowest BCUT2D eigenvalue weighted by Gasteiger charge is -2.20. The molecule has 110 valence electrons. The Morgan fingerprint density at radius 3 is 2.45 bits per heavy atom. The molecule has 2 unspecified atom stereocenters. The predicted molar refractivity (Wildman–Crippen MR) is 76.9 cm³/mol. The molecule has 1 amide bonds. The Bertz CT molecular complexity index is 471. The number of carbonyl (C=O) groups is 2. The lowest BCUT2D eigenvalue weighted by Crippen LogP contribution is -2.45. The van der Waals surface area contributed by atoms with Gasteiger partial charge in [-0.2, -0.15) is 0 Å². The maximum atomic E-state index is 12.0. The molecule has 1 aromatic heterocycles. The second kappa shape index (κ2) is 6.88. The van der Waals surface area contributed by atoms with E-state index in [2.05, 4.69) is 10.3 Å². The number of anilines is 1. The fourth-order valence-electron chi connectivity index (χ4n) is 1.69. The number of rotatable bonds is 6. The van der Waals surface area contributed by atoms with E-state index in [4.69, 9.17) is 5.11 Å². The topological polar surface area (TPSA) is 82.5 Å². The summed E-state index contributed by atoms with van der Waals surface area (Å²) in [6.07, 6.45) is 2.12. The van der Waals surface area contributed by atoms with Gasteiger partial charge in [-0.15, -0.1) is 0 Å². The molecule has 1 rings (SSSR count). The van der Waals surface area contributed by atoms with Crippen LogP contribution in [0.4, 0.5) is 5.82 Å². The number of nitrogens with one attached hydrogen (secondary N) is 1. The molecule has 2 N–H and O–H groups in total. The molecule has 20 heavy (non-hydrogen) atoms. The molecule has 1 aromatic rings. The van der Waals surface area contributed by atoms with Gasteiger partial charge in [0.1, 0.15) is 11.9 Å². The van der Waals surface area contributed by atoms with Crippen LogP contribution in [0.15, 0.2) is 18.3 Å². The van der Waals surface area contributed by atoms with Crippen molar-refractivity contribution in [2.45, 2.75) is 26.3 Å². The van der Waals surface area contributed by atoms with Crippen molar-refractivity contribution < 1.29 is 14.7 Å². The average molecular weight is 279 g/mol. The fourth-order valence-corrected chi connectivity index (χ4v) is 1.69. The smallest absolute Gasteiger partial charge is 0.326 e. The van der Waals surface area contributed by atoms with Crippen LogP contribution in [0.1, 0.15) is 30.6 Å². The van der Waals surface area contributed by atoms with Crippen LogP contribution in [0, 0.1) is 5.92 Å². The summed E-state index contributed by atoms with van der Waals surface area (Å²) < 4.78 is 0. The molecule has 6 nitrogen and oxygen atoms in total. The number of pyridine rings is 1. The van der Waals surface area contributed by atoms with E-state index >= 15 is 0 Å². The molecule has 0 spiro atoms. The molecule has 0 bridgehead atoms. The molecule has 0 fully saturated rings. The zero-order valence-corrected chi connectivity index (χ0v) is 12.3. The van der Waals surface area contributed by atoms with Gasteiger partial charge >= 0.3 is 5.97 Å². The normalized spacial score (nSPS) is 13.4. The number of carboxylic acid groups (broad SMARTS) is 1. The second-order valence-corrected chi connectivity index (χ2v) is 4.97. The van der Waals surface area contributed by atoms with E-state index in [1.165, 1.54) is 6.20 Å². The summed E-state index contributed by atoms with van der Waals surface area (Å²) in [4.78, 5) is 29.2. The van der Waals surface area contributed by atoms with Gasteiger partial charge < -0.3 is 15.3 Å². The number of carboxylic acids is 1. The standard InChI is InChI=1S/C14H21N3O3/c1-5-9(2)12(14(19)20)16-13(18)10-6-7-11(15-8-10)17(3)4/h6-9,12H,5H2,1-4H3,(H,16,18)(H,19,20). The molecule has 0 saturated carbocycles. The van der Waals surface area contributed by atoms with Crippen LogP contribution in [-0.4, -0.2) is 42.1 Å². The number of amides is 1. The Balaban J connectivity index is 2.81. The van der Waals surface area contributed by atoms with E-state index in [1.807, 2.05) is 25.9 Å². The number of hydrogen-bond acceptors (Lipinski definition) is 4. The van der Waals surface area contributed by atoms with Gasteiger partial charge in [0, 0.05) is 20.3 Å². The number of hydrogen-bond donors (Lipinski definition) is 2. The summed E-state index contributed by atoms with van der Waals surface area (Å²) in [5, 5.41) is 11.7. The molecule has 0 radical (unpaired) electrons. The highest BCUT2D eigenvalue weighted by atomic mass is 16.4. The average Bonchev–Trinajstić information content (AvgIpc) is 2.43. The molecule has 0 saturated heterocycles. The van der Waals surface area contributed by atoms with Crippen LogP contribution < -0.4 is 10.2 Å². The zero-order chi connectivity index (χ0) is 15.3. The van der Waals surface area contributed by atoms with Gasteiger partial charge in [-0.1, -0.05) is 20.3 Å². The maximum absolute atomic E-state index is 12.0. The summed E-state index contributed by atoms with van der Waals surface area (Å²) in [5.74, 6) is -0.843. The molecular formula is C14H21N3O3. The maximum Gasteiger partial charge on any atom is 0.326 e. The predicted octanol–water partition coefficient (Wildman–Crippen LogP) is 1.38. The number of carbonyl (C=O) groups excluding carboxylic acids is 1. The van der Waals surface area contributed by atoms with Crippen molar-refractivity contribution in [3.8, 4) is 0 Å². The van der Waals surface area contributed by atoms with Crippen LogP contribution in [0.2, 0.25) is 0 Å². The minimum atomic E-state index is -1.02. The van der Waals surface area contributed by atoms with E-state index < -0.39 is 17.9 Å². The summed E-state index contributed by atoms with van der Waals surface area (Å²) >= 11 is 0. The number of nitrogens with zero attached hydrogens (tertiary/aromatic N) is 2. The van der Waals surface area contributed by atoms with Gasteiger partial charge in [0.25, 0.3) is 5.91 Å². The highest BCUT2D eigenvalue weighted by Crippen LogP contribution is 2.11. The molecule has 0 aliphatic rings. The van der Waals surface area contributed by atoms with E-state index in [-0.39, 0.29) is 5.92 Å².